The van der Waals surface area contributed by atoms with Crippen LogP contribution < -0.4 is 5.32 Å². The molecule has 0 saturated carbocycles. The van der Waals surface area contributed by atoms with Crippen LogP contribution in [0.15, 0.2) is 48.5 Å². The number of halogens is 2. The van der Waals surface area contributed by atoms with E-state index in [4.69, 9.17) is 0 Å². The van der Waals surface area contributed by atoms with Gasteiger partial charge in [0.2, 0.25) is 0 Å². The number of carbonyl (C=O) groups is 1. The monoisotopic (exact) mass is 473 g/mol. The summed E-state index contributed by atoms with van der Waals surface area (Å²) < 4.78 is 26.1. The summed E-state index contributed by atoms with van der Waals surface area (Å²) in [5.74, 6) is -0.496. The maximum Gasteiger partial charge on any atom is 0.268 e. The SMILES string of the molecule is CC(=O)[C@@H](NCCCc1ccc(-c2ccc(CN3CCN(C)CC3)cc2)cc1)[C@](C)(O)C(F)F. The van der Waals surface area contributed by atoms with Gasteiger partial charge >= 0.3 is 0 Å². The lowest BCUT2D eigenvalue weighted by Gasteiger charge is -2.32. The van der Waals surface area contributed by atoms with Gasteiger partial charge < -0.3 is 15.3 Å². The number of likely N-dealkylation sites (N-methyl/N-ethyl adjacent to an activating group) is 1. The first-order valence-electron chi connectivity index (χ1n) is 12.0. The number of benzene rings is 2. The summed E-state index contributed by atoms with van der Waals surface area (Å²) in [6.07, 6.45) is -1.58. The van der Waals surface area contributed by atoms with Crippen molar-refractivity contribution in [3.05, 3.63) is 59.7 Å². The van der Waals surface area contributed by atoms with E-state index < -0.39 is 23.9 Å². The molecule has 1 aliphatic heterocycles. The Kier molecular flexibility index (Phi) is 9.31. The Morgan fingerprint density at radius 3 is 2.03 bits per heavy atom. The van der Waals surface area contributed by atoms with Crippen LogP contribution in [0.25, 0.3) is 11.1 Å². The highest BCUT2D eigenvalue weighted by Gasteiger charge is 2.43. The minimum atomic E-state index is -3.00. The van der Waals surface area contributed by atoms with E-state index in [2.05, 4.69) is 70.7 Å². The number of rotatable bonds is 11. The third kappa shape index (κ3) is 7.15. The van der Waals surface area contributed by atoms with Gasteiger partial charge in [0.15, 0.2) is 0 Å². The molecule has 0 aliphatic carbocycles. The molecule has 0 unspecified atom stereocenters. The van der Waals surface area contributed by atoms with Crippen LogP contribution >= 0.6 is 0 Å². The van der Waals surface area contributed by atoms with Gasteiger partial charge in [-0.1, -0.05) is 48.5 Å². The highest BCUT2D eigenvalue weighted by molar-refractivity contribution is 5.82. The van der Waals surface area contributed by atoms with E-state index in [1.165, 1.54) is 18.1 Å². The van der Waals surface area contributed by atoms with Crippen LogP contribution in [0, 0.1) is 0 Å². The van der Waals surface area contributed by atoms with Crippen molar-refractivity contribution in [2.45, 2.75) is 51.3 Å². The number of carbonyl (C=O) groups excluding carboxylic acids is 1. The minimum absolute atomic E-state index is 0.365. The summed E-state index contributed by atoms with van der Waals surface area (Å²) in [5, 5.41) is 12.7. The third-order valence-corrected chi connectivity index (χ3v) is 6.67. The smallest absolute Gasteiger partial charge is 0.268 e. The summed E-state index contributed by atoms with van der Waals surface area (Å²) in [7, 11) is 2.17. The Hall–Kier alpha value is -2.19. The zero-order chi connectivity index (χ0) is 24.7. The molecule has 186 valence electrons. The first-order valence-corrected chi connectivity index (χ1v) is 12.0. The molecular weight excluding hydrogens is 436 g/mol. The Balaban J connectivity index is 1.48. The van der Waals surface area contributed by atoms with Gasteiger partial charge in [-0.05, 0) is 62.5 Å². The van der Waals surface area contributed by atoms with E-state index in [-0.39, 0.29) is 0 Å². The van der Waals surface area contributed by atoms with Gasteiger partial charge in [-0.25, -0.2) is 8.78 Å². The summed E-state index contributed by atoms with van der Waals surface area (Å²) in [6.45, 7) is 8.01. The molecule has 2 N–H and O–H groups in total. The molecule has 7 heteroatoms. The molecule has 0 spiro atoms. The van der Waals surface area contributed by atoms with Gasteiger partial charge in [-0.15, -0.1) is 0 Å². The van der Waals surface area contributed by atoms with Crippen molar-refractivity contribution in [3.8, 4) is 11.1 Å². The Labute approximate surface area is 201 Å². The van der Waals surface area contributed by atoms with Gasteiger partial charge in [-0.2, -0.15) is 0 Å². The van der Waals surface area contributed by atoms with Crippen LogP contribution in [0.4, 0.5) is 8.78 Å². The lowest BCUT2D eigenvalue weighted by Crippen LogP contribution is -2.57. The van der Waals surface area contributed by atoms with Crippen LogP contribution in [-0.4, -0.2) is 78.5 Å². The van der Waals surface area contributed by atoms with Crippen molar-refractivity contribution in [3.63, 3.8) is 0 Å². The topological polar surface area (TPSA) is 55.8 Å². The number of aliphatic hydroxyl groups is 1. The Morgan fingerprint density at radius 2 is 1.53 bits per heavy atom. The van der Waals surface area contributed by atoms with Crippen molar-refractivity contribution in [1.29, 1.82) is 0 Å². The molecule has 1 fully saturated rings. The number of nitrogens with one attached hydrogen (secondary N) is 1. The van der Waals surface area contributed by atoms with Gasteiger partial charge in [0, 0.05) is 32.7 Å². The summed E-state index contributed by atoms with van der Waals surface area (Å²) in [4.78, 5) is 16.6. The summed E-state index contributed by atoms with van der Waals surface area (Å²) >= 11 is 0. The number of piperazine rings is 1. The molecule has 0 amide bonds. The number of aryl methyl sites for hydroxylation is 1. The summed E-state index contributed by atoms with van der Waals surface area (Å²) in [6, 6.07) is 15.8. The predicted molar refractivity (Wildman–Crippen MR) is 132 cm³/mol. The average Bonchev–Trinajstić information content (AvgIpc) is 2.81. The summed E-state index contributed by atoms with van der Waals surface area (Å²) in [5.41, 5.74) is 2.41. The fourth-order valence-electron chi connectivity index (χ4n) is 4.36. The fourth-order valence-corrected chi connectivity index (χ4v) is 4.36. The van der Waals surface area contributed by atoms with E-state index in [9.17, 15) is 18.7 Å². The number of hydrogen-bond acceptors (Lipinski definition) is 5. The number of ketones is 1. The van der Waals surface area contributed by atoms with Crippen molar-refractivity contribution in [2.75, 3.05) is 39.8 Å². The van der Waals surface area contributed by atoms with E-state index in [0.29, 0.717) is 13.0 Å². The number of hydrogen-bond donors (Lipinski definition) is 2. The van der Waals surface area contributed by atoms with Crippen LogP contribution in [0.2, 0.25) is 0 Å². The second-order valence-electron chi connectivity index (χ2n) is 9.60. The van der Waals surface area contributed by atoms with E-state index >= 15 is 0 Å². The predicted octanol–water partition coefficient (Wildman–Crippen LogP) is 3.60. The van der Waals surface area contributed by atoms with Gasteiger partial charge in [-0.3, -0.25) is 9.69 Å². The minimum Gasteiger partial charge on any atom is -0.382 e. The molecule has 0 bridgehead atoms. The standard InChI is InChI=1S/C27H37F2N3O2/c1-20(33)25(27(2,34)26(28)29)30-14-4-5-21-6-10-23(11-7-21)24-12-8-22(9-13-24)19-32-17-15-31(3)16-18-32/h6-13,25-26,30,34H,4-5,14-19H2,1-3H3/t25-,27+/m1/s1. The Bertz CT molecular complexity index is 908. The highest BCUT2D eigenvalue weighted by atomic mass is 19.3. The first-order chi connectivity index (χ1) is 16.2. The van der Waals surface area contributed by atoms with Crippen LogP contribution in [0.5, 0.6) is 0 Å². The maximum absolute atomic E-state index is 13.1. The molecule has 1 heterocycles. The molecule has 34 heavy (non-hydrogen) atoms. The van der Waals surface area contributed by atoms with E-state index in [0.717, 1.165) is 57.2 Å². The fraction of sp³-hybridized carbons (Fsp3) is 0.519. The molecule has 0 aromatic heterocycles. The average molecular weight is 474 g/mol. The highest BCUT2D eigenvalue weighted by Crippen LogP contribution is 2.22. The number of Topliss-reactive ketones (excluding diaryl/α,β-unsaturated/α-hetero) is 1. The zero-order valence-corrected chi connectivity index (χ0v) is 20.4. The molecule has 1 aliphatic rings. The Morgan fingerprint density at radius 1 is 1.00 bits per heavy atom. The van der Waals surface area contributed by atoms with E-state index in [1.807, 2.05) is 0 Å². The molecule has 1 saturated heterocycles. The zero-order valence-electron chi connectivity index (χ0n) is 20.4. The second kappa shape index (κ2) is 12.0. The van der Waals surface area contributed by atoms with E-state index in [1.54, 1.807) is 0 Å². The second-order valence-corrected chi connectivity index (χ2v) is 9.60. The number of nitrogens with zero attached hydrogens (tertiary/aromatic N) is 2. The third-order valence-electron chi connectivity index (χ3n) is 6.67. The van der Waals surface area contributed by atoms with Crippen LogP contribution in [0.3, 0.4) is 0 Å². The van der Waals surface area contributed by atoms with Crippen molar-refractivity contribution >= 4 is 5.78 Å². The first kappa shape index (κ1) is 26.4. The van der Waals surface area contributed by atoms with Crippen molar-refractivity contribution in [2.24, 2.45) is 0 Å². The van der Waals surface area contributed by atoms with Crippen molar-refractivity contribution < 1.29 is 18.7 Å². The number of alkyl halides is 2. The quantitative estimate of drug-likeness (QED) is 0.489. The molecule has 0 radical (unpaired) electrons. The maximum atomic E-state index is 13.1. The molecule has 3 rings (SSSR count). The van der Waals surface area contributed by atoms with Crippen molar-refractivity contribution in [1.82, 2.24) is 15.1 Å². The molecule has 2 aromatic carbocycles. The normalized spacial score (nSPS) is 18.1. The molecule has 5 nitrogen and oxygen atoms in total. The molecule has 2 atom stereocenters. The largest absolute Gasteiger partial charge is 0.382 e. The van der Waals surface area contributed by atoms with Gasteiger partial charge in [0.05, 0.1) is 0 Å². The lowest BCUT2D eigenvalue weighted by atomic mass is 9.93. The van der Waals surface area contributed by atoms with Crippen LogP contribution in [-0.2, 0) is 17.8 Å². The molecule has 2 aromatic rings. The molecular formula is C27H37F2N3O2. The van der Waals surface area contributed by atoms with Crippen LogP contribution in [0.1, 0.15) is 31.4 Å². The van der Waals surface area contributed by atoms with Gasteiger partial charge in [0.25, 0.3) is 6.43 Å². The van der Waals surface area contributed by atoms with Gasteiger partial charge in [0.1, 0.15) is 17.4 Å². The lowest BCUT2D eigenvalue weighted by molar-refractivity contribution is -0.139.